The second-order valence-electron chi connectivity index (χ2n) is 3.60. The predicted molar refractivity (Wildman–Crippen MR) is 69.0 cm³/mol. The molecule has 0 radical (unpaired) electrons. The largest absolute Gasteiger partial charge is 0.316 e. The number of benzene rings is 1. The van der Waals surface area contributed by atoms with E-state index in [4.69, 9.17) is 17.3 Å². The Morgan fingerprint density at radius 3 is 2.67 bits per heavy atom. The van der Waals surface area contributed by atoms with Gasteiger partial charge < -0.3 is 11.1 Å². The summed E-state index contributed by atoms with van der Waals surface area (Å²) in [6.07, 6.45) is 1.27. The molecule has 1 aromatic heterocycles. The molecule has 0 bridgehead atoms. The third-order valence-electron chi connectivity index (χ3n) is 2.33. The van der Waals surface area contributed by atoms with E-state index in [0.717, 1.165) is 5.56 Å². The molecule has 0 aliphatic heterocycles. The Labute approximate surface area is 109 Å². The lowest BCUT2D eigenvalue weighted by molar-refractivity contribution is -0.117. The number of carbonyl (C=O) groups excluding carboxylic acids is 1. The quantitative estimate of drug-likeness (QED) is 0.826. The van der Waals surface area contributed by atoms with Gasteiger partial charge in [-0.15, -0.1) is 0 Å². The normalized spacial score (nSPS) is 11.9. The Morgan fingerprint density at radius 2 is 2.00 bits per heavy atom. The monoisotopic (exact) mass is 262 g/mol. The summed E-state index contributed by atoms with van der Waals surface area (Å²) in [7, 11) is 0. The predicted octanol–water partition coefficient (Wildman–Crippen LogP) is 1.77. The topological polar surface area (TPSA) is 80.9 Å². The van der Waals surface area contributed by atoms with Crippen molar-refractivity contribution in [2.45, 2.75) is 6.04 Å². The van der Waals surface area contributed by atoms with Crippen molar-refractivity contribution in [3.63, 3.8) is 0 Å². The average molecular weight is 263 g/mol. The molecule has 92 valence electrons. The molecule has 0 aliphatic carbocycles. The standard InChI is InChI=1S/C12H11ClN4O/c13-9-6-10(16-7-15-9)17-12(18)11(14)8-4-2-1-3-5-8/h1-7,11H,14H2,(H,15,16,17,18)/t11-/m0/s1. The van der Waals surface area contributed by atoms with Crippen molar-refractivity contribution in [3.05, 3.63) is 53.4 Å². The number of aromatic nitrogens is 2. The number of hydrogen-bond donors (Lipinski definition) is 2. The summed E-state index contributed by atoms with van der Waals surface area (Å²) in [4.78, 5) is 19.5. The van der Waals surface area contributed by atoms with E-state index < -0.39 is 6.04 Å². The molecule has 6 heteroatoms. The number of anilines is 1. The Bertz CT molecular complexity index is 547. The summed E-state index contributed by atoms with van der Waals surface area (Å²) in [5.74, 6) is -0.0256. The van der Waals surface area contributed by atoms with Gasteiger partial charge in [-0.05, 0) is 5.56 Å². The van der Waals surface area contributed by atoms with E-state index in [1.807, 2.05) is 18.2 Å². The van der Waals surface area contributed by atoms with Crippen molar-refractivity contribution in [1.82, 2.24) is 9.97 Å². The maximum absolute atomic E-state index is 11.9. The average Bonchev–Trinajstić information content (AvgIpc) is 2.39. The lowest BCUT2D eigenvalue weighted by atomic mass is 10.1. The van der Waals surface area contributed by atoms with Crippen LogP contribution in [0.25, 0.3) is 0 Å². The van der Waals surface area contributed by atoms with Gasteiger partial charge in [0.1, 0.15) is 23.3 Å². The second-order valence-corrected chi connectivity index (χ2v) is 3.99. The van der Waals surface area contributed by atoms with Crippen LogP contribution in [0.1, 0.15) is 11.6 Å². The van der Waals surface area contributed by atoms with Gasteiger partial charge in [-0.3, -0.25) is 4.79 Å². The zero-order valence-electron chi connectivity index (χ0n) is 9.38. The number of halogens is 1. The van der Waals surface area contributed by atoms with Gasteiger partial charge in [-0.25, -0.2) is 9.97 Å². The molecule has 2 rings (SSSR count). The molecular formula is C12H11ClN4O. The van der Waals surface area contributed by atoms with Crippen LogP contribution in [-0.4, -0.2) is 15.9 Å². The maximum Gasteiger partial charge on any atom is 0.247 e. The van der Waals surface area contributed by atoms with Crippen LogP contribution < -0.4 is 11.1 Å². The fourth-order valence-corrected chi connectivity index (χ4v) is 1.56. The Balaban J connectivity index is 2.09. The zero-order valence-corrected chi connectivity index (χ0v) is 10.1. The molecular weight excluding hydrogens is 252 g/mol. The van der Waals surface area contributed by atoms with E-state index in [1.165, 1.54) is 12.4 Å². The van der Waals surface area contributed by atoms with Crippen molar-refractivity contribution in [2.24, 2.45) is 5.73 Å². The van der Waals surface area contributed by atoms with Gasteiger partial charge in [0.25, 0.3) is 0 Å². The van der Waals surface area contributed by atoms with Gasteiger partial charge in [0.15, 0.2) is 0 Å². The Kier molecular flexibility index (Phi) is 3.86. The molecule has 1 heterocycles. The highest BCUT2D eigenvalue weighted by molar-refractivity contribution is 6.29. The molecule has 0 spiro atoms. The summed E-state index contributed by atoms with van der Waals surface area (Å²) < 4.78 is 0. The molecule has 2 aromatic rings. The SMILES string of the molecule is N[C@H](C(=O)Nc1cc(Cl)ncn1)c1ccccc1. The number of amides is 1. The number of hydrogen-bond acceptors (Lipinski definition) is 4. The third kappa shape index (κ3) is 3.03. The molecule has 0 saturated carbocycles. The summed E-state index contributed by atoms with van der Waals surface area (Å²) >= 11 is 5.69. The second kappa shape index (κ2) is 5.57. The highest BCUT2D eigenvalue weighted by Crippen LogP contribution is 2.13. The Hall–Kier alpha value is -1.98. The first-order chi connectivity index (χ1) is 8.66. The van der Waals surface area contributed by atoms with Gasteiger partial charge in [0.05, 0.1) is 0 Å². The van der Waals surface area contributed by atoms with Crippen LogP contribution in [0.5, 0.6) is 0 Å². The molecule has 1 atom stereocenters. The Morgan fingerprint density at radius 1 is 1.28 bits per heavy atom. The fraction of sp³-hybridized carbons (Fsp3) is 0.0833. The molecule has 0 aliphatic rings. The van der Waals surface area contributed by atoms with Crippen LogP contribution in [0.4, 0.5) is 5.82 Å². The molecule has 3 N–H and O–H groups in total. The lowest BCUT2D eigenvalue weighted by Crippen LogP contribution is -2.28. The first-order valence-electron chi connectivity index (χ1n) is 5.26. The van der Waals surface area contributed by atoms with Crippen molar-refractivity contribution in [3.8, 4) is 0 Å². The van der Waals surface area contributed by atoms with Gasteiger partial charge in [-0.2, -0.15) is 0 Å². The number of nitrogens with one attached hydrogen (secondary N) is 1. The number of rotatable bonds is 3. The fourth-order valence-electron chi connectivity index (χ4n) is 1.42. The van der Waals surface area contributed by atoms with Gasteiger partial charge in [0.2, 0.25) is 5.91 Å². The van der Waals surface area contributed by atoms with Gasteiger partial charge in [-0.1, -0.05) is 41.9 Å². The van der Waals surface area contributed by atoms with Gasteiger partial charge in [0, 0.05) is 6.07 Å². The van der Waals surface area contributed by atoms with E-state index in [-0.39, 0.29) is 11.1 Å². The van der Waals surface area contributed by atoms with Gasteiger partial charge >= 0.3 is 0 Å². The minimum atomic E-state index is -0.750. The van der Waals surface area contributed by atoms with Crippen molar-refractivity contribution in [2.75, 3.05) is 5.32 Å². The summed E-state index contributed by atoms with van der Waals surface area (Å²) in [5.41, 5.74) is 6.57. The molecule has 0 unspecified atom stereocenters. The van der Waals surface area contributed by atoms with E-state index in [2.05, 4.69) is 15.3 Å². The molecule has 0 fully saturated rings. The van der Waals surface area contributed by atoms with Crippen LogP contribution in [0.2, 0.25) is 5.15 Å². The molecule has 1 amide bonds. The molecule has 0 saturated heterocycles. The number of carbonyl (C=O) groups is 1. The minimum absolute atomic E-state index is 0.258. The van der Waals surface area contributed by atoms with Crippen molar-refractivity contribution in [1.29, 1.82) is 0 Å². The van der Waals surface area contributed by atoms with Crippen molar-refractivity contribution < 1.29 is 4.79 Å². The van der Waals surface area contributed by atoms with Crippen LogP contribution >= 0.6 is 11.6 Å². The smallest absolute Gasteiger partial charge is 0.247 e. The van der Waals surface area contributed by atoms with E-state index >= 15 is 0 Å². The minimum Gasteiger partial charge on any atom is -0.316 e. The summed E-state index contributed by atoms with van der Waals surface area (Å²) in [5, 5.41) is 2.84. The van der Waals surface area contributed by atoms with Crippen LogP contribution in [0, 0.1) is 0 Å². The molecule has 5 nitrogen and oxygen atoms in total. The highest BCUT2D eigenvalue weighted by Gasteiger charge is 2.15. The van der Waals surface area contributed by atoms with E-state index in [1.54, 1.807) is 12.1 Å². The molecule has 18 heavy (non-hydrogen) atoms. The number of nitrogens with zero attached hydrogens (tertiary/aromatic N) is 2. The first kappa shape index (κ1) is 12.5. The maximum atomic E-state index is 11.9. The first-order valence-corrected chi connectivity index (χ1v) is 5.63. The lowest BCUT2D eigenvalue weighted by Gasteiger charge is -2.11. The summed E-state index contributed by atoms with van der Waals surface area (Å²) in [6, 6.07) is 9.79. The van der Waals surface area contributed by atoms with E-state index in [0.29, 0.717) is 5.82 Å². The van der Waals surface area contributed by atoms with Crippen LogP contribution in [0.3, 0.4) is 0 Å². The zero-order chi connectivity index (χ0) is 13.0. The third-order valence-corrected chi connectivity index (χ3v) is 2.53. The highest BCUT2D eigenvalue weighted by atomic mass is 35.5. The van der Waals surface area contributed by atoms with Crippen LogP contribution in [0.15, 0.2) is 42.7 Å². The summed E-state index contributed by atoms with van der Waals surface area (Å²) in [6.45, 7) is 0. The molecule has 1 aromatic carbocycles. The van der Waals surface area contributed by atoms with Crippen LogP contribution in [-0.2, 0) is 4.79 Å². The number of nitrogens with two attached hydrogens (primary N) is 1. The van der Waals surface area contributed by atoms with E-state index in [9.17, 15) is 4.79 Å². The van der Waals surface area contributed by atoms with Crippen molar-refractivity contribution >= 4 is 23.3 Å².